The van der Waals surface area contributed by atoms with Gasteiger partial charge in [0, 0.05) is 6.04 Å². The molecule has 3 atom stereocenters. The summed E-state index contributed by atoms with van der Waals surface area (Å²) < 4.78 is 12.8. The number of halogens is 1. The van der Waals surface area contributed by atoms with Crippen LogP contribution in [0.4, 0.5) is 4.39 Å². The van der Waals surface area contributed by atoms with Crippen LogP contribution < -0.4 is 5.73 Å². The van der Waals surface area contributed by atoms with Crippen LogP contribution in [0, 0.1) is 5.92 Å². The second-order valence-corrected chi connectivity index (χ2v) is 3.34. The van der Waals surface area contributed by atoms with Gasteiger partial charge in [-0.05, 0) is 25.2 Å². The Morgan fingerprint density at radius 2 is 2.10 bits per heavy atom. The van der Waals surface area contributed by atoms with E-state index in [2.05, 4.69) is 6.92 Å². The predicted octanol–water partition coefficient (Wildman–Crippen LogP) is 1.86. The lowest BCUT2D eigenvalue weighted by Crippen LogP contribution is -2.33. The summed E-state index contributed by atoms with van der Waals surface area (Å²) >= 11 is 0. The molecule has 0 aliphatic heterocycles. The van der Waals surface area contributed by atoms with E-state index in [0.717, 1.165) is 19.3 Å². The zero-order valence-corrected chi connectivity index (χ0v) is 6.52. The summed E-state index contributed by atoms with van der Waals surface area (Å²) in [5.74, 6) is 0.541. The molecule has 1 rings (SSSR count). The van der Waals surface area contributed by atoms with Crippen molar-refractivity contribution in [1.82, 2.24) is 0 Å². The minimum atomic E-state index is -0.631. The first-order chi connectivity index (χ1) is 4.72. The third-order valence-corrected chi connectivity index (χ3v) is 2.36. The van der Waals surface area contributed by atoms with Gasteiger partial charge < -0.3 is 5.73 Å². The summed E-state index contributed by atoms with van der Waals surface area (Å²) in [6, 6.07) is 0.119. The molecule has 1 nitrogen and oxygen atoms in total. The molecule has 0 amide bonds. The molecule has 1 aliphatic carbocycles. The molecule has 0 aromatic rings. The van der Waals surface area contributed by atoms with E-state index in [1.54, 1.807) is 0 Å². The predicted molar refractivity (Wildman–Crippen MR) is 40.5 cm³/mol. The van der Waals surface area contributed by atoms with Gasteiger partial charge in [0.15, 0.2) is 0 Å². The molecular formula is C8H16FN. The summed E-state index contributed by atoms with van der Waals surface area (Å²) in [7, 11) is 0. The van der Waals surface area contributed by atoms with Crippen molar-refractivity contribution >= 4 is 0 Å². The van der Waals surface area contributed by atoms with Gasteiger partial charge in [-0.2, -0.15) is 0 Å². The van der Waals surface area contributed by atoms with Gasteiger partial charge in [-0.15, -0.1) is 0 Å². The smallest absolute Gasteiger partial charge is 0.102 e. The largest absolute Gasteiger partial charge is 0.328 e. The molecule has 2 heteroatoms. The van der Waals surface area contributed by atoms with E-state index < -0.39 is 6.17 Å². The molecule has 0 bridgehead atoms. The van der Waals surface area contributed by atoms with Gasteiger partial charge in [-0.3, -0.25) is 0 Å². The van der Waals surface area contributed by atoms with Crippen LogP contribution in [0.5, 0.6) is 0 Å². The van der Waals surface area contributed by atoms with Gasteiger partial charge in [-0.25, -0.2) is 4.39 Å². The quantitative estimate of drug-likeness (QED) is 0.598. The molecular weight excluding hydrogens is 129 g/mol. The maximum atomic E-state index is 12.8. The summed E-state index contributed by atoms with van der Waals surface area (Å²) in [5.41, 5.74) is 5.65. The Morgan fingerprint density at radius 3 is 2.60 bits per heavy atom. The summed E-state index contributed by atoms with van der Waals surface area (Å²) in [6.45, 7) is 2.11. The molecule has 2 N–H and O–H groups in total. The Labute approximate surface area is 61.8 Å². The van der Waals surface area contributed by atoms with Gasteiger partial charge in [0.2, 0.25) is 0 Å². The van der Waals surface area contributed by atoms with Crippen LogP contribution in [0.2, 0.25) is 0 Å². The number of alkyl halides is 1. The van der Waals surface area contributed by atoms with Crippen molar-refractivity contribution in [3.8, 4) is 0 Å². The summed E-state index contributed by atoms with van der Waals surface area (Å²) in [5, 5.41) is 0. The Kier molecular flexibility index (Phi) is 2.66. The van der Waals surface area contributed by atoms with Gasteiger partial charge in [0.25, 0.3) is 0 Å². The van der Waals surface area contributed by atoms with Crippen molar-refractivity contribution in [2.24, 2.45) is 11.7 Å². The molecule has 1 saturated carbocycles. The van der Waals surface area contributed by atoms with Gasteiger partial charge in [0.1, 0.15) is 6.17 Å². The highest BCUT2D eigenvalue weighted by Crippen LogP contribution is 2.27. The SMILES string of the molecule is CCC1CC(N)CC(F)C1. The highest BCUT2D eigenvalue weighted by molar-refractivity contribution is 4.79. The molecule has 3 unspecified atom stereocenters. The van der Waals surface area contributed by atoms with Crippen LogP contribution >= 0.6 is 0 Å². The Hall–Kier alpha value is -0.110. The van der Waals surface area contributed by atoms with E-state index in [0.29, 0.717) is 12.3 Å². The zero-order chi connectivity index (χ0) is 7.56. The average Bonchev–Trinajstić information content (AvgIpc) is 1.85. The molecule has 0 radical (unpaired) electrons. The second-order valence-electron chi connectivity index (χ2n) is 3.34. The van der Waals surface area contributed by atoms with Crippen molar-refractivity contribution < 1.29 is 4.39 Å². The van der Waals surface area contributed by atoms with E-state index in [-0.39, 0.29) is 6.04 Å². The molecule has 1 fully saturated rings. The van der Waals surface area contributed by atoms with Crippen molar-refractivity contribution in [2.45, 2.75) is 44.8 Å². The van der Waals surface area contributed by atoms with E-state index in [1.807, 2.05) is 0 Å². The van der Waals surface area contributed by atoms with Crippen LogP contribution in [-0.4, -0.2) is 12.2 Å². The highest BCUT2D eigenvalue weighted by Gasteiger charge is 2.24. The minimum Gasteiger partial charge on any atom is -0.328 e. The average molecular weight is 145 g/mol. The fourth-order valence-electron chi connectivity index (χ4n) is 1.74. The van der Waals surface area contributed by atoms with Crippen molar-refractivity contribution in [3.05, 3.63) is 0 Å². The fraction of sp³-hybridized carbons (Fsp3) is 1.00. The molecule has 0 spiro atoms. The normalized spacial score (nSPS) is 41.7. The first-order valence-corrected chi connectivity index (χ1v) is 4.12. The van der Waals surface area contributed by atoms with Gasteiger partial charge in [-0.1, -0.05) is 13.3 Å². The summed E-state index contributed by atoms with van der Waals surface area (Å²) in [6.07, 6.45) is 2.79. The lowest BCUT2D eigenvalue weighted by molar-refractivity contribution is 0.177. The van der Waals surface area contributed by atoms with E-state index in [4.69, 9.17) is 5.73 Å². The Morgan fingerprint density at radius 1 is 1.40 bits per heavy atom. The highest BCUT2D eigenvalue weighted by atomic mass is 19.1. The maximum Gasteiger partial charge on any atom is 0.102 e. The first kappa shape index (κ1) is 7.99. The molecule has 0 saturated heterocycles. The minimum absolute atomic E-state index is 0.119. The molecule has 0 heterocycles. The van der Waals surface area contributed by atoms with Gasteiger partial charge in [0.05, 0.1) is 0 Å². The number of hydrogen-bond donors (Lipinski definition) is 1. The van der Waals surface area contributed by atoms with Crippen LogP contribution in [0.15, 0.2) is 0 Å². The standard InChI is InChI=1S/C8H16FN/c1-2-6-3-7(9)5-8(10)4-6/h6-8H,2-5,10H2,1H3. The van der Waals surface area contributed by atoms with Crippen molar-refractivity contribution in [2.75, 3.05) is 0 Å². The van der Waals surface area contributed by atoms with Crippen LogP contribution in [0.3, 0.4) is 0 Å². The topological polar surface area (TPSA) is 26.0 Å². The molecule has 60 valence electrons. The summed E-state index contributed by atoms with van der Waals surface area (Å²) in [4.78, 5) is 0. The molecule has 1 aliphatic rings. The number of nitrogens with two attached hydrogens (primary N) is 1. The monoisotopic (exact) mass is 145 g/mol. The van der Waals surface area contributed by atoms with Gasteiger partial charge >= 0.3 is 0 Å². The number of hydrogen-bond acceptors (Lipinski definition) is 1. The zero-order valence-electron chi connectivity index (χ0n) is 6.52. The van der Waals surface area contributed by atoms with Crippen LogP contribution in [-0.2, 0) is 0 Å². The van der Waals surface area contributed by atoms with Crippen molar-refractivity contribution in [3.63, 3.8) is 0 Å². The Bertz CT molecular complexity index is 95.4. The molecule has 0 aromatic carbocycles. The maximum absolute atomic E-state index is 12.8. The third-order valence-electron chi connectivity index (χ3n) is 2.36. The van der Waals surface area contributed by atoms with Crippen LogP contribution in [0.25, 0.3) is 0 Å². The van der Waals surface area contributed by atoms with Crippen molar-refractivity contribution in [1.29, 1.82) is 0 Å². The Balaban J connectivity index is 2.35. The molecule has 10 heavy (non-hydrogen) atoms. The van der Waals surface area contributed by atoms with Crippen LogP contribution in [0.1, 0.15) is 32.6 Å². The third kappa shape index (κ3) is 1.94. The van der Waals surface area contributed by atoms with E-state index in [1.165, 1.54) is 0 Å². The fourth-order valence-corrected chi connectivity index (χ4v) is 1.74. The van der Waals surface area contributed by atoms with E-state index >= 15 is 0 Å². The lowest BCUT2D eigenvalue weighted by Gasteiger charge is -2.28. The lowest BCUT2D eigenvalue weighted by atomic mass is 9.83. The first-order valence-electron chi connectivity index (χ1n) is 4.12. The van der Waals surface area contributed by atoms with E-state index in [9.17, 15) is 4.39 Å². The second kappa shape index (κ2) is 3.33. The molecule has 0 aromatic heterocycles. The number of rotatable bonds is 1.